The molecular weight excluding hydrogens is 382 g/mol. The maximum Gasteiger partial charge on any atom is 0.255 e. The fourth-order valence-corrected chi connectivity index (χ4v) is 4.85. The van der Waals surface area contributed by atoms with Crippen LogP contribution in [-0.4, -0.2) is 59.0 Å². The number of ether oxygens (including phenoxy) is 1. The van der Waals surface area contributed by atoms with Gasteiger partial charge in [-0.15, -0.1) is 0 Å². The van der Waals surface area contributed by atoms with Crippen molar-refractivity contribution >= 4 is 5.91 Å². The number of methoxy groups -OCH3 is 1. The number of fused-ring (bicyclic) bond motifs is 4. The van der Waals surface area contributed by atoms with Gasteiger partial charge in [0.25, 0.3) is 5.56 Å². The summed E-state index contributed by atoms with van der Waals surface area (Å²) in [6.45, 7) is 3.94. The lowest BCUT2D eigenvalue weighted by molar-refractivity contribution is -0.118. The molecule has 1 saturated heterocycles. The number of carbonyl (C=O) groups excluding carboxylic acids is 1. The van der Waals surface area contributed by atoms with Gasteiger partial charge >= 0.3 is 0 Å². The van der Waals surface area contributed by atoms with Crippen molar-refractivity contribution in [2.24, 2.45) is 11.7 Å². The van der Waals surface area contributed by atoms with Crippen LogP contribution in [0.15, 0.2) is 35.3 Å². The van der Waals surface area contributed by atoms with Crippen LogP contribution in [0.2, 0.25) is 0 Å². The highest BCUT2D eigenvalue weighted by Crippen LogP contribution is 2.35. The SMILES string of the molecule is COc1ccnc(CN2C[C@@H]3C[C@H](C2)c2ccc(CN(C)CC(N)=O)c(=O)n2C3)c1. The first-order valence-electron chi connectivity index (χ1n) is 10.3. The summed E-state index contributed by atoms with van der Waals surface area (Å²) in [5.74, 6) is 1.21. The van der Waals surface area contributed by atoms with Gasteiger partial charge in [-0.25, -0.2) is 0 Å². The lowest BCUT2D eigenvalue weighted by Crippen LogP contribution is -2.47. The largest absolute Gasteiger partial charge is 0.497 e. The zero-order chi connectivity index (χ0) is 21.3. The Labute approximate surface area is 176 Å². The molecule has 2 bridgehead atoms. The molecule has 2 aromatic heterocycles. The molecule has 2 N–H and O–H groups in total. The molecule has 2 atom stereocenters. The van der Waals surface area contributed by atoms with Crippen LogP contribution in [0.4, 0.5) is 0 Å². The lowest BCUT2D eigenvalue weighted by atomic mass is 9.83. The van der Waals surface area contributed by atoms with Crippen molar-refractivity contribution in [3.63, 3.8) is 0 Å². The van der Waals surface area contributed by atoms with E-state index in [0.717, 1.165) is 49.7 Å². The van der Waals surface area contributed by atoms with Crippen molar-refractivity contribution in [3.8, 4) is 5.75 Å². The Balaban J connectivity index is 1.50. The topological polar surface area (TPSA) is 93.7 Å². The molecule has 4 rings (SSSR count). The lowest BCUT2D eigenvalue weighted by Gasteiger charge is -2.43. The summed E-state index contributed by atoms with van der Waals surface area (Å²) in [7, 11) is 3.46. The van der Waals surface area contributed by atoms with Gasteiger partial charge in [0.2, 0.25) is 5.91 Å². The molecule has 1 fully saturated rings. The number of nitrogens with zero attached hydrogens (tertiary/aromatic N) is 4. The Kier molecular flexibility index (Phi) is 5.87. The molecule has 2 aromatic rings. The number of hydrogen-bond acceptors (Lipinski definition) is 6. The first kappa shape index (κ1) is 20.6. The highest BCUT2D eigenvalue weighted by atomic mass is 16.5. The number of aromatic nitrogens is 2. The molecular formula is C22H29N5O3. The number of hydrogen-bond donors (Lipinski definition) is 1. The van der Waals surface area contributed by atoms with Crippen molar-refractivity contribution < 1.29 is 9.53 Å². The Morgan fingerprint density at radius 3 is 2.90 bits per heavy atom. The quantitative estimate of drug-likeness (QED) is 0.724. The van der Waals surface area contributed by atoms with Gasteiger partial charge in [0, 0.05) is 62.2 Å². The molecule has 2 aliphatic rings. The van der Waals surface area contributed by atoms with E-state index in [2.05, 4.69) is 16.0 Å². The van der Waals surface area contributed by atoms with E-state index in [1.807, 2.05) is 22.8 Å². The van der Waals surface area contributed by atoms with Crippen LogP contribution in [0.1, 0.15) is 29.3 Å². The van der Waals surface area contributed by atoms with Gasteiger partial charge in [0.1, 0.15) is 5.75 Å². The zero-order valence-corrected chi connectivity index (χ0v) is 17.6. The summed E-state index contributed by atoms with van der Waals surface area (Å²) in [6, 6.07) is 7.84. The van der Waals surface area contributed by atoms with Crippen molar-refractivity contribution in [2.75, 3.05) is 33.8 Å². The van der Waals surface area contributed by atoms with Crippen LogP contribution in [-0.2, 0) is 24.4 Å². The van der Waals surface area contributed by atoms with Crippen LogP contribution in [0.3, 0.4) is 0 Å². The number of rotatable bonds is 7. The van der Waals surface area contributed by atoms with Gasteiger partial charge in [-0.1, -0.05) is 6.07 Å². The number of carbonyl (C=O) groups is 1. The smallest absolute Gasteiger partial charge is 0.255 e. The molecule has 2 aliphatic heterocycles. The molecule has 160 valence electrons. The highest BCUT2D eigenvalue weighted by molar-refractivity contribution is 5.75. The Morgan fingerprint density at radius 1 is 1.30 bits per heavy atom. The first-order valence-corrected chi connectivity index (χ1v) is 10.3. The van der Waals surface area contributed by atoms with E-state index in [4.69, 9.17) is 10.5 Å². The summed E-state index contributed by atoms with van der Waals surface area (Å²) in [5, 5.41) is 0. The van der Waals surface area contributed by atoms with Gasteiger partial charge in [-0.2, -0.15) is 0 Å². The van der Waals surface area contributed by atoms with Gasteiger partial charge in [0.05, 0.1) is 19.3 Å². The van der Waals surface area contributed by atoms with Gasteiger partial charge in [-0.05, 0) is 31.5 Å². The molecule has 0 radical (unpaired) electrons. The first-order chi connectivity index (χ1) is 14.4. The number of amides is 1. The second-order valence-electron chi connectivity index (χ2n) is 8.52. The minimum Gasteiger partial charge on any atom is -0.497 e. The molecule has 8 heteroatoms. The third-order valence-electron chi connectivity index (χ3n) is 6.03. The fourth-order valence-electron chi connectivity index (χ4n) is 4.85. The molecule has 0 aliphatic carbocycles. The second-order valence-corrected chi connectivity index (χ2v) is 8.52. The third-order valence-corrected chi connectivity index (χ3v) is 6.03. The summed E-state index contributed by atoms with van der Waals surface area (Å²) in [5.41, 5.74) is 8.14. The van der Waals surface area contributed by atoms with E-state index >= 15 is 0 Å². The van der Waals surface area contributed by atoms with Gasteiger partial charge < -0.3 is 15.0 Å². The normalized spacial score (nSPS) is 20.8. The van der Waals surface area contributed by atoms with Crippen molar-refractivity contribution in [1.29, 1.82) is 0 Å². The minimum atomic E-state index is -0.393. The van der Waals surface area contributed by atoms with Crippen LogP contribution >= 0.6 is 0 Å². The number of primary amides is 1. The van der Waals surface area contributed by atoms with E-state index in [1.54, 1.807) is 25.3 Å². The van der Waals surface area contributed by atoms with E-state index in [-0.39, 0.29) is 12.1 Å². The molecule has 0 saturated carbocycles. The van der Waals surface area contributed by atoms with Crippen LogP contribution in [0.5, 0.6) is 5.75 Å². The number of likely N-dealkylation sites (tertiary alicyclic amines) is 1. The van der Waals surface area contributed by atoms with E-state index < -0.39 is 5.91 Å². The molecule has 8 nitrogen and oxygen atoms in total. The van der Waals surface area contributed by atoms with Crippen molar-refractivity contribution in [1.82, 2.24) is 19.4 Å². The summed E-state index contributed by atoms with van der Waals surface area (Å²) >= 11 is 0. The molecule has 4 heterocycles. The van der Waals surface area contributed by atoms with E-state index in [9.17, 15) is 9.59 Å². The predicted octanol–water partition coefficient (Wildman–Crippen LogP) is 0.788. The minimum absolute atomic E-state index is 0.0569. The standard InChI is InChI=1S/C22H29N5O3/c1-25(14-21(23)28)11-16-3-4-20-17-7-15(10-27(20)22(16)29)9-26(12-17)13-18-8-19(30-2)5-6-24-18/h3-6,8,15,17H,7,9-14H2,1-2H3,(H2,23,28)/t15-,17+/m0/s1. The van der Waals surface area contributed by atoms with E-state index in [0.29, 0.717) is 23.9 Å². The summed E-state index contributed by atoms with van der Waals surface area (Å²) in [4.78, 5) is 32.9. The number of nitrogens with two attached hydrogens (primary N) is 1. The maximum absolute atomic E-state index is 13.1. The fraction of sp³-hybridized carbons (Fsp3) is 0.500. The number of pyridine rings is 2. The summed E-state index contributed by atoms with van der Waals surface area (Å²) < 4.78 is 7.26. The molecule has 30 heavy (non-hydrogen) atoms. The van der Waals surface area contributed by atoms with Crippen LogP contribution in [0, 0.1) is 5.92 Å². The average molecular weight is 412 g/mol. The number of piperidine rings is 1. The van der Waals surface area contributed by atoms with Crippen LogP contribution < -0.4 is 16.0 Å². The third kappa shape index (κ3) is 4.39. The predicted molar refractivity (Wildman–Crippen MR) is 113 cm³/mol. The van der Waals surface area contributed by atoms with Crippen LogP contribution in [0.25, 0.3) is 0 Å². The Bertz CT molecular complexity index is 989. The van der Waals surface area contributed by atoms with Gasteiger partial charge in [0.15, 0.2) is 0 Å². The Hall–Kier alpha value is -2.71. The monoisotopic (exact) mass is 411 g/mol. The average Bonchev–Trinajstić information content (AvgIpc) is 2.70. The summed E-state index contributed by atoms with van der Waals surface area (Å²) in [6.07, 6.45) is 2.90. The molecule has 0 aromatic carbocycles. The number of likely N-dealkylation sites (N-methyl/N-ethyl adjacent to an activating group) is 1. The maximum atomic E-state index is 13.1. The van der Waals surface area contributed by atoms with Gasteiger partial charge in [-0.3, -0.25) is 24.4 Å². The van der Waals surface area contributed by atoms with Crippen molar-refractivity contribution in [3.05, 3.63) is 57.8 Å². The molecule has 0 spiro atoms. The van der Waals surface area contributed by atoms with E-state index in [1.165, 1.54) is 0 Å². The second kappa shape index (κ2) is 8.57. The zero-order valence-electron chi connectivity index (χ0n) is 17.6. The Morgan fingerprint density at radius 2 is 2.13 bits per heavy atom. The highest BCUT2D eigenvalue weighted by Gasteiger charge is 2.35. The molecule has 0 unspecified atom stereocenters. The van der Waals surface area contributed by atoms with Crippen molar-refractivity contribution in [2.45, 2.75) is 32.0 Å². The molecule has 1 amide bonds.